The summed E-state index contributed by atoms with van der Waals surface area (Å²) in [6.45, 7) is -8.24. The van der Waals surface area contributed by atoms with Crippen LogP contribution in [0.3, 0.4) is 0 Å². The Morgan fingerprint density at radius 2 is 0.812 bits per heavy atom. The van der Waals surface area contributed by atoms with Crippen molar-refractivity contribution in [3.8, 4) is 0 Å². The summed E-state index contributed by atoms with van der Waals surface area (Å²) in [6, 6.07) is -9.53. The van der Waals surface area contributed by atoms with Crippen LogP contribution in [-0.2, 0) is 124 Å². The number of aliphatic carboxylic acids is 1. The Labute approximate surface area is 844 Å². The number of aliphatic hydroxyl groups is 31. The van der Waals surface area contributed by atoms with Gasteiger partial charge in [0.25, 0.3) is 17.5 Å². The lowest BCUT2D eigenvalue weighted by atomic mass is 9.88. The highest BCUT2D eigenvalue weighted by atomic mass is 16.8. The van der Waals surface area contributed by atoms with Crippen molar-refractivity contribution in [3.63, 3.8) is 0 Å². The van der Waals surface area contributed by atoms with E-state index in [0.717, 1.165) is 34.6 Å². The Morgan fingerprint density at radius 1 is 0.396 bits per heavy atom. The molecule has 8 saturated heterocycles. The molecule has 0 aromatic heterocycles. The third-order valence-corrected chi connectivity index (χ3v) is 25.4. The van der Waals surface area contributed by atoms with Gasteiger partial charge in [-0.15, -0.1) is 0 Å². The maximum atomic E-state index is 14.4. The highest BCUT2D eigenvalue weighted by molar-refractivity contribution is 5.84. The minimum Gasteiger partial charge on any atom is -0.477 e. The number of rotatable bonds is 56. The lowest BCUT2D eigenvalue weighted by Crippen LogP contribution is -2.70. The second-order valence-corrected chi connectivity index (χ2v) is 36.3. The molecule has 0 aliphatic carbocycles. The van der Waals surface area contributed by atoms with E-state index in [-0.39, 0.29) is 39.5 Å². The summed E-state index contributed by atoms with van der Waals surface area (Å²) < 4.78 is 110. The molecule has 0 aromatic rings. The van der Waals surface area contributed by atoms with E-state index in [1.807, 2.05) is 0 Å². The van der Waals surface area contributed by atoms with Crippen molar-refractivity contribution in [2.75, 3.05) is 106 Å². The fourth-order valence-corrected chi connectivity index (χ4v) is 17.6. The van der Waals surface area contributed by atoms with E-state index in [1.165, 1.54) is 0 Å². The lowest BCUT2D eigenvalue weighted by Gasteiger charge is -2.50. The van der Waals surface area contributed by atoms with Gasteiger partial charge in [0.2, 0.25) is 29.5 Å². The van der Waals surface area contributed by atoms with Gasteiger partial charge in [0.05, 0.1) is 122 Å². The van der Waals surface area contributed by atoms with Crippen molar-refractivity contribution in [1.29, 1.82) is 0 Å². The van der Waals surface area contributed by atoms with Crippen molar-refractivity contribution in [2.45, 2.75) is 366 Å². The second-order valence-electron chi connectivity index (χ2n) is 36.3. The van der Waals surface area contributed by atoms with Crippen molar-refractivity contribution in [3.05, 3.63) is 10.4 Å². The third kappa shape index (κ3) is 32.7. The smallest absolute Gasteiger partial charge is 0.364 e. The molecule has 0 saturated carbocycles. The first-order chi connectivity index (χ1) is 70.3. The van der Waals surface area contributed by atoms with Crippen LogP contribution < -0.4 is 31.9 Å². The van der Waals surface area contributed by atoms with Crippen LogP contribution in [0.2, 0.25) is 0 Å². The topological polar surface area (TPSA) is 1060 Å². The number of ether oxygens (including phenoxy) is 19. The molecule has 149 heavy (non-hydrogen) atoms. The zero-order valence-corrected chi connectivity index (χ0v) is 80.6. The average Bonchev–Trinajstić information content (AvgIpc) is 0.780. The molecule has 6 amide bonds. The molecular formula is C82H141N9O58. The zero-order chi connectivity index (χ0) is 111. The molecule has 8 rings (SSSR count). The number of carboxylic acid groups (broad SMARTS) is 1. The predicted molar refractivity (Wildman–Crippen MR) is 467 cm³/mol. The van der Waals surface area contributed by atoms with Crippen LogP contribution in [-0.4, -0.2) is 616 Å². The van der Waals surface area contributed by atoms with E-state index in [4.69, 9.17) is 95.5 Å². The van der Waals surface area contributed by atoms with E-state index >= 15 is 0 Å². The molecule has 67 nitrogen and oxygen atoms in total. The molecule has 8 aliphatic heterocycles. The van der Waals surface area contributed by atoms with Gasteiger partial charge in [-0.05, 0) is 18.4 Å². The SMILES string of the molecule is CC(=O)NC1[C@H](OC2C(O)[C@H](O)[C@H](CO)O[C@@H]2O[C@H](C(O)[C@@H](O)O[C@@H]2C(CO)O[C@@H](O)C(NC(C)=O)[C@H]2O)[C@H](O)CCO[C@@H](O)[C@H](O[C@@H]2OC(CO)[C@@H](O[C@@H]3OC(CO[C@]4(C(=O)NCCOCCOCCN=[N+]=[N-])C[C@@H](O)[C@@H](NC(C)=O)C([C@H](O)[C@H](O)CO)O4)[C@H](O)[C@H](O)C3O)[C@H](O)C2NC(C)=O)C(O)[C@H](O)CCO)OC(CO)[C@@H](O[C@@H]2OC(CO[C@]3(C(=O)O)C[C@@H](O)[C@@H](NC(C)=O)C([C@H](O)[C@H](O)CO)O3)[C@H](O)[C@H](O)C2O)[C@@H]1O. The normalized spacial score (nSPS) is 39.1. The van der Waals surface area contributed by atoms with Gasteiger partial charge in [-0.3, -0.25) is 28.8 Å². The molecule has 8 aliphatic rings. The van der Waals surface area contributed by atoms with Gasteiger partial charge in [0, 0.05) is 72.1 Å². The summed E-state index contributed by atoms with van der Waals surface area (Å²) in [7, 11) is 0. The lowest BCUT2D eigenvalue weighted by molar-refractivity contribution is -0.383. The van der Waals surface area contributed by atoms with Gasteiger partial charge in [0.1, 0.15) is 207 Å². The van der Waals surface area contributed by atoms with E-state index < -0.39 is 439 Å². The summed E-state index contributed by atoms with van der Waals surface area (Å²) in [5, 5.41) is 377. The molecule has 8 fully saturated rings. The van der Waals surface area contributed by atoms with Crippen molar-refractivity contribution in [1.82, 2.24) is 31.9 Å². The maximum Gasteiger partial charge on any atom is 0.364 e. The number of hydrogen-bond donors (Lipinski definition) is 38. The maximum absolute atomic E-state index is 14.4. The summed E-state index contributed by atoms with van der Waals surface area (Å²) >= 11 is 0. The number of nitrogens with one attached hydrogen (secondary N) is 6. The van der Waals surface area contributed by atoms with Gasteiger partial charge in [-0.1, -0.05) is 5.11 Å². The monoisotopic (exact) mass is 2180 g/mol. The van der Waals surface area contributed by atoms with Crippen LogP contribution in [0.5, 0.6) is 0 Å². The molecule has 0 aromatic carbocycles. The molecule has 0 spiro atoms. The van der Waals surface area contributed by atoms with Crippen molar-refractivity contribution in [2.24, 2.45) is 5.11 Å². The molecule has 38 N–H and O–H groups in total. The Hall–Kier alpha value is -6.40. The van der Waals surface area contributed by atoms with Crippen LogP contribution in [0.15, 0.2) is 5.11 Å². The fourth-order valence-electron chi connectivity index (χ4n) is 17.6. The van der Waals surface area contributed by atoms with Gasteiger partial charge >= 0.3 is 5.97 Å². The number of hydrogen-bond acceptors (Lipinski definition) is 58. The molecule has 16 unspecified atom stereocenters. The first-order valence-corrected chi connectivity index (χ1v) is 47.0. The Bertz CT molecular complexity index is 4150. The quantitative estimate of drug-likeness (QED) is 0.00884. The number of nitrogens with zero attached hydrogens (tertiary/aromatic N) is 3. The van der Waals surface area contributed by atoms with Gasteiger partial charge in [-0.2, -0.15) is 0 Å². The Balaban J connectivity index is 1.06. The molecule has 50 atom stereocenters. The Kier molecular flexibility index (Phi) is 50.7. The number of carboxylic acids is 1. The van der Waals surface area contributed by atoms with E-state index in [1.54, 1.807) is 0 Å². The van der Waals surface area contributed by atoms with Crippen molar-refractivity contribution >= 4 is 41.4 Å². The first kappa shape index (κ1) is 128. The molecule has 862 valence electrons. The van der Waals surface area contributed by atoms with Crippen LogP contribution in [0.25, 0.3) is 10.4 Å². The molecule has 0 bridgehead atoms. The van der Waals surface area contributed by atoms with E-state index in [2.05, 4.69) is 41.9 Å². The van der Waals surface area contributed by atoms with Gasteiger partial charge in [0.15, 0.2) is 50.3 Å². The third-order valence-electron chi connectivity index (χ3n) is 25.4. The number of carbonyl (C=O) groups is 7. The van der Waals surface area contributed by atoms with Gasteiger partial charge < -0.3 is 285 Å². The second kappa shape index (κ2) is 59.1. The minimum absolute atomic E-state index is 0.00158. The number of azide groups is 1. The van der Waals surface area contributed by atoms with Crippen LogP contribution in [0.4, 0.5) is 0 Å². The van der Waals surface area contributed by atoms with Crippen LogP contribution in [0.1, 0.15) is 60.3 Å². The van der Waals surface area contributed by atoms with Crippen LogP contribution >= 0.6 is 0 Å². The average molecular weight is 2180 g/mol. The van der Waals surface area contributed by atoms with E-state index in [0.29, 0.717) is 0 Å². The summed E-state index contributed by atoms with van der Waals surface area (Å²) in [5.41, 5.74) is 8.50. The summed E-state index contributed by atoms with van der Waals surface area (Å²) in [5.74, 6) is -14.2. The predicted octanol–water partition coefficient (Wildman–Crippen LogP) is -23.3. The molecular weight excluding hydrogens is 2040 g/mol. The zero-order valence-electron chi connectivity index (χ0n) is 80.6. The van der Waals surface area contributed by atoms with E-state index in [9.17, 15) is 197 Å². The minimum atomic E-state index is -3.13. The van der Waals surface area contributed by atoms with Crippen LogP contribution in [0, 0.1) is 0 Å². The highest BCUT2D eigenvalue weighted by Gasteiger charge is 2.63. The standard InChI is InChI=1S/C82H141N9O58/c1-26(99)86-43-33(106)16-81(148-67(43)49(111)35(108)18-93,79(128)84-8-12-131-14-15-132-13-9-85-91-83)134-24-41-52(114)57(119)60(122)76(140-41)144-65-39(22-97)138-74(46(55(65)117)89-29(4)102)146-69(48(110)31(104)6-10-92)73(127)133-11-7-32(105)63(62(124)72(126)142-64-38(21-96)136-71(125)45(54(64)116)88-28(3)101)143-78-70(59(121)51(113)37(20-95)137-78)147-75-47(90-30(5)103)56(118)66(40(23-98)139-75)145-77-61(123)58(120)53(115)42(141-77)25-135-82(80(129)130)17-34(107)44(87-27(2)100)68(149-82)50(112)36(109)19-94/h31-78,92-98,104-127H,6-25H2,1-5H3,(H,84,128)(H,86,99)(H,87,100)(H,88,101)(H,89,102)(H,90,103)(H,129,130)/t31-,32-,33-,34-,35-,36-,37+,38?,39?,40?,41?,42?,43-,44-,45?,46?,47?,48?,49-,50-,51-,52+,53+,54-,55-,56-,57+,58+,59?,60?,61?,62?,63+,64-,65-,66-,67?,68?,69-,70?,71-,72+,73-,74+,75+,76+,77+,78-,81-,82-/m1/s1. The van der Waals surface area contributed by atoms with Gasteiger partial charge in [-0.25, -0.2) is 4.79 Å². The molecule has 8 heterocycles. The molecule has 67 heteroatoms. The molecule has 0 radical (unpaired) electrons. The summed E-state index contributed by atoms with van der Waals surface area (Å²) in [6.07, 6.45) is -104. The Morgan fingerprint density at radius 3 is 1.29 bits per heavy atom. The summed E-state index contributed by atoms with van der Waals surface area (Å²) in [4.78, 5) is 93.4. The largest absolute Gasteiger partial charge is 0.477 e. The number of amides is 6. The number of carbonyl (C=O) groups excluding carboxylic acids is 6. The first-order valence-electron chi connectivity index (χ1n) is 47.0. The fraction of sp³-hybridized carbons (Fsp3) is 0.915. The highest BCUT2D eigenvalue weighted by Crippen LogP contribution is 2.42. The van der Waals surface area contributed by atoms with Crippen molar-refractivity contribution < 1.29 is 287 Å². The number of aliphatic hydroxyl groups excluding tert-OH is 31.